The highest BCUT2D eigenvalue weighted by Crippen LogP contribution is 2.20. The molecule has 1 aromatic rings. The number of piperidine rings is 1. The Labute approximate surface area is 137 Å². The van der Waals surface area contributed by atoms with E-state index >= 15 is 0 Å². The van der Waals surface area contributed by atoms with Crippen molar-refractivity contribution >= 4 is 12.1 Å². The topological polar surface area (TPSA) is 66.8 Å². The second-order valence-electron chi connectivity index (χ2n) is 7.10. The minimum absolute atomic E-state index is 0.254. The number of benzene rings is 1. The summed E-state index contributed by atoms with van der Waals surface area (Å²) in [5.74, 6) is -1.30. The Morgan fingerprint density at radius 1 is 1.26 bits per heavy atom. The van der Waals surface area contributed by atoms with E-state index in [4.69, 9.17) is 9.84 Å². The van der Waals surface area contributed by atoms with Crippen molar-refractivity contribution < 1.29 is 19.4 Å². The average Bonchev–Trinajstić information content (AvgIpc) is 2.46. The lowest BCUT2D eigenvalue weighted by Gasteiger charge is -2.32. The third-order valence-corrected chi connectivity index (χ3v) is 3.82. The maximum absolute atomic E-state index is 11.7. The van der Waals surface area contributed by atoms with Gasteiger partial charge < -0.3 is 14.7 Å². The number of hydrogen-bond acceptors (Lipinski definition) is 3. The lowest BCUT2D eigenvalue weighted by atomic mass is 9.94. The van der Waals surface area contributed by atoms with Gasteiger partial charge in [0.2, 0.25) is 0 Å². The molecular formula is C18H25NO4. The zero-order chi connectivity index (χ0) is 17.0. The van der Waals surface area contributed by atoms with Crippen LogP contribution >= 0.6 is 0 Å². The first-order valence-electron chi connectivity index (χ1n) is 8.03. The van der Waals surface area contributed by atoms with Gasteiger partial charge in [0.05, 0.1) is 5.92 Å². The fourth-order valence-corrected chi connectivity index (χ4v) is 2.63. The Morgan fingerprint density at radius 3 is 2.26 bits per heavy atom. The maximum Gasteiger partial charge on any atom is 0.410 e. The van der Waals surface area contributed by atoms with E-state index < -0.39 is 23.6 Å². The van der Waals surface area contributed by atoms with Crippen LogP contribution in [-0.2, 0) is 16.0 Å². The van der Waals surface area contributed by atoms with Crippen molar-refractivity contribution in [2.24, 2.45) is 5.92 Å². The number of aliphatic carboxylic acids is 1. The van der Waals surface area contributed by atoms with Crippen molar-refractivity contribution in [3.05, 3.63) is 35.4 Å². The van der Waals surface area contributed by atoms with Gasteiger partial charge in [-0.25, -0.2) is 4.79 Å². The van der Waals surface area contributed by atoms with Gasteiger partial charge in [0.15, 0.2) is 0 Å². The van der Waals surface area contributed by atoms with Crippen molar-refractivity contribution in [1.82, 2.24) is 4.90 Å². The van der Waals surface area contributed by atoms with Crippen LogP contribution in [0.25, 0.3) is 0 Å². The number of amides is 1. The molecule has 1 amide bonds. The molecule has 0 spiro atoms. The number of carboxylic acid groups (broad SMARTS) is 1. The molecule has 0 aromatic heterocycles. The molecular weight excluding hydrogens is 294 g/mol. The van der Waals surface area contributed by atoms with Crippen molar-refractivity contribution in [1.29, 1.82) is 0 Å². The molecule has 1 atom stereocenters. The monoisotopic (exact) mass is 319 g/mol. The molecule has 4 rings (SSSR count). The standard InChI is InChI=1S/C11H19NO4.C7H6/c1-11(2,3)16-10(15)12-6-4-5-8(7-12)9(13)14;1-2-6-4-7(3-1)5-6/h8H,4-7H2,1-3H3,(H,13,14);1-4H,5H2. The predicted octanol–water partition coefficient (Wildman–Crippen LogP) is 3.31. The first-order chi connectivity index (χ1) is 10.7. The van der Waals surface area contributed by atoms with Gasteiger partial charge in [0.1, 0.15) is 5.60 Å². The summed E-state index contributed by atoms with van der Waals surface area (Å²) in [5.41, 5.74) is 2.43. The summed E-state index contributed by atoms with van der Waals surface area (Å²) in [7, 11) is 0. The van der Waals surface area contributed by atoms with Crippen LogP contribution < -0.4 is 0 Å². The minimum atomic E-state index is -0.840. The Kier molecular flexibility index (Phi) is 5.29. The number of fused-ring (bicyclic) bond motifs is 2. The van der Waals surface area contributed by atoms with Gasteiger partial charge in [0.25, 0.3) is 0 Å². The number of ether oxygens (including phenoxy) is 1. The second kappa shape index (κ2) is 7.02. The zero-order valence-corrected chi connectivity index (χ0v) is 14.0. The summed E-state index contributed by atoms with van der Waals surface area (Å²) < 4.78 is 5.20. The third-order valence-electron chi connectivity index (χ3n) is 3.82. The van der Waals surface area contributed by atoms with E-state index in [2.05, 4.69) is 24.3 Å². The third kappa shape index (κ3) is 5.27. The molecule has 3 aliphatic rings. The normalized spacial score (nSPS) is 19.1. The number of carboxylic acids is 1. The molecule has 5 heteroatoms. The first-order valence-corrected chi connectivity index (χ1v) is 8.03. The smallest absolute Gasteiger partial charge is 0.410 e. The van der Waals surface area contributed by atoms with Crippen molar-refractivity contribution in [3.63, 3.8) is 0 Å². The van der Waals surface area contributed by atoms with Crippen LogP contribution in [0.4, 0.5) is 4.79 Å². The minimum Gasteiger partial charge on any atom is -0.481 e. The summed E-state index contributed by atoms with van der Waals surface area (Å²) in [5, 5.41) is 8.89. The van der Waals surface area contributed by atoms with Gasteiger partial charge in [-0.3, -0.25) is 4.79 Å². The molecule has 1 N–H and O–H groups in total. The van der Waals surface area contributed by atoms with Crippen molar-refractivity contribution in [3.8, 4) is 0 Å². The fraction of sp³-hybridized carbons (Fsp3) is 0.556. The summed E-state index contributed by atoms with van der Waals surface area (Å²) in [6.45, 7) is 6.22. The van der Waals surface area contributed by atoms with Gasteiger partial charge in [-0.1, -0.05) is 24.3 Å². The largest absolute Gasteiger partial charge is 0.481 e. The van der Waals surface area contributed by atoms with Crippen LogP contribution in [0.5, 0.6) is 0 Å². The highest BCUT2D eigenvalue weighted by molar-refractivity contribution is 5.73. The number of carbonyl (C=O) groups excluding carboxylic acids is 1. The molecule has 23 heavy (non-hydrogen) atoms. The summed E-state index contributed by atoms with van der Waals surface area (Å²) in [6, 6.07) is 8.65. The molecule has 1 unspecified atom stereocenters. The molecule has 1 aliphatic heterocycles. The van der Waals surface area contributed by atoms with Gasteiger partial charge >= 0.3 is 12.1 Å². The van der Waals surface area contributed by atoms with Gasteiger partial charge in [-0.05, 0) is 51.2 Å². The van der Waals surface area contributed by atoms with Crippen LogP contribution in [0, 0.1) is 5.92 Å². The number of rotatable bonds is 1. The van der Waals surface area contributed by atoms with Gasteiger partial charge in [-0.15, -0.1) is 0 Å². The number of likely N-dealkylation sites (tertiary alicyclic amines) is 1. The number of hydrogen-bond donors (Lipinski definition) is 1. The Hall–Kier alpha value is -2.04. The quantitative estimate of drug-likeness (QED) is 0.875. The Morgan fingerprint density at radius 2 is 1.87 bits per heavy atom. The van der Waals surface area contributed by atoms with Crippen LogP contribution in [-0.4, -0.2) is 40.8 Å². The molecule has 0 saturated carbocycles. The molecule has 1 saturated heterocycles. The molecule has 2 aliphatic carbocycles. The highest BCUT2D eigenvalue weighted by atomic mass is 16.6. The van der Waals surface area contributed by atoms with Crippen LogP contribution in [0.3, 0.4) is 0 Å². The summed E-state index contributed by atoms with van der Waals surface area (Å²) in [6.07, 6.45) is 2.15. The van der Waals surface area contributed by atoms with E-state index in [9.17, 15) is 9.59 Å². The van der Waals surface area contributed by atoms with Gasteiger partial charge in [0, 0.05) is 13.1 Å². The maximum atomic E-state index is 11.7. The van der Waals surface area contributed by atoms with Crippen molar-refractivity contribution in [2.45, 2.75) is 45.6 Å². The number of nitrogens with zero attached hydrogens (tertiary/aromatic N) is 1. The van der Waals surface area contributed by atoms with E-state index in [0.29, 0.717) is 13.0 Å². The van der Waals surface area contributed by atoms with E-state index in [-0.39, 0.29) is 6.54 Å². The lowest BCUT2D eigenvalue weighted by molar-refractivity contribution is -0.143. The van der Waals surface area contributed by atoms with E-state index in [1.54, 1.807) is 20.8 Å². The Bertz CT molecular complexity index is 552. The number of carbonyl (C=O) groups is 2. The molecule has 2 bridgehead atoms. The van der Waals surface area contributed by atoms with Crippen molar-refractivity contribution in [2.75, 3.05) is 13.1 Å². The molecule has 126 valence electrons. The zero-order valence-electron chi connectivity index (χ0n) is 14.0. The summed E-state index contributed by atoms with van der Waals surface area (Å²) in [4.78, 5) is 24.0. The second-order valence-corrected chi connectivity index (χ2v) is 7.10. The fourth-order valence-electron chi connectivity index (χ4n) is 2.63. The van der Waals surface area contributed by atoms with E-state index in [1.807, 2.05) is 0 Å². The predicted molar refractivity (Wildman–Crippen MR) is 87.4 cm³/mol. The van der Waals surface area contributed by atoms with E-state index in [0.717, 1.165) is 6.42 Å². The molecule has 5 nitrogen and oxygen atoms in total. The van der Waals surface area contributed by atoms with Crippen LogP contribution in [0.1, 0.15) is 44.7 Å². The molecule has 1 aromatic carbocycles. The Balaban J connectivity index is 0.000000223. The molecule has 1 fully saturated rings. The SMILES string of the molecule is CC(C)(C)OC(=O)N1CCCC(C(=O)O)C1.c1cc2cc(c1)C2. The lowest BCUT2D eigenvalue weighted by Crippen LogP contribution is -2.44. The van der Waals surface area contributed by atoms with Crippen LogP contribution in [0.2, 0.25) is 0 Å². The van der Waals surface area contributed by atoms with Crippen LogP contribution in [0.15, 0.2) is 24.3 Å². The molecule has 0 radical (unpaired) electrons. The first kappa shape index (κ1) is 17.3. The average molecular weight is 319 g/mol. The molecule has 1 heterocycles. The van der Waals surface area contributed by atoms with E-state index in [1.165, 1.54) is 22.4 Å². The van der Waals surface area contributed by atoms with Gasteiger partial charge in [-0.2, -0.15) is 0 Å². The summed E-state index contributed by atoms with van der Waals surface area (Å²) >= 11 is 0. The highest BCUT2D eigenvalue weighted by Gasteiger charge is 2.30.